The molecule has 0 spiro atoms. The zero-order valence-electron chi connectivity index (χ0n) is 12.5. The van der Waals surface area contributed by atoms with E-state index in [-0.39, 0.29) is 0 Å². The first-order valence-corrected chi connectivity index (χ1v) is 8.58. The molecule has 1 aromatic heterocycles. The molecule has 2 aromatic rings. The number of fused-ring (bicyclic) bond motifs is 1. The van der Waals surface area contributed by atoms with Crippen molar-refractivity contribution in [3.05, 3.63) is 45.8 Å². The van der Waals surface area contributed by atoms with Gasteiger partial charge in [0.05, 0.1) is 0 Å². The van der Waals surface area contributed by atoms with E-state index in [2.05, 4.69) is 43.4 Å². The third kappa shape index (κ3) is 2.55. The molecule has 0 saturated heterocycles. The number of benzene rings is 1. The summed E-state index contributed by atoms with van der Waals surface area (Å²) < 4.78 is 0. The molecule has 20 heavy (non-hydrogen) atoms. The molecule has 0 amide bonds. The lowest BCUT2D eigenvalue weighted by molar-refractivity contribution is 0.651. The average Bonchev–Trinajstić information content (AvgIpc) is 2.86. The highest BCUT2D eigenvalue weighted by atomic mass is 32.1. The first-order valence-electron chi connectivity index (χ1n) is 7.77. The van der Waals surface area contributed by atoms with Crippen LogP contribution in [0, 0.1) is 0 Å². The van der Waals surface area contributed by atoms with Crippen molar-refractivity contribution in [2.45, 2.75) is 46.1 Å². The van der Waals surface area contributed by atoms with Gasteiger partial charge in [-0.05, 0) is 48.1 Å². The van der Waals surface area contributed by atoms with E-state index >= 15 is 0 Å². The Morgan fingerprint density at radius 2 is 2.15 bits per heavy atom. The monoisotopic (exact) mass is 285 g/mol. The van der Waals surface area contributed by atoms with Crippen molar-refractivity contribution in [2.75, 3.05) is 6.54 Å². The molecule has 0 unspecified atom stereocenters. The van der Waals surface area contributed by atoms with Crippen LogP contribution in [-0.2, 0) is 25.8 Å². The van der Waals surface area contributed by atoms with Gasteiger partial charge in [-0.1, -0.05) is 44.5 Å². The number of thiophene rings is 1. The topological polar surface area (TPSA) is 12.0 Å². The highest BCUT2D eigenvalue weighted by Crippen LogP contribution is 2.38. The molecule has 1 aromatic carbocycles. The van der Waals surface area contributed by atoms with Crippen LogP contribution in [0.15, 0.2) is 24.3 Å². The summed E-state index contributed by atoms with van der Waals surface area (Å²) in [6.07, 6.45) is 4.75. The van der Waals surface area contributed by atoms with Gasteiger partial charge < -0.3 is 5.32 Å². The summed E-state index contributed by atoms with van der Waals surface area (Å²) in [5.74, 6) is 0. The van der Waals surface area contributed by atoms with Crippen molar-refractivity contribution >= 4 is 11.3 Å². The minimum Gasteiger partial charge on any atom is -0.312 e. The smallest absolute Gasteiger partial charge is 0.0381 e. The summed E-state index contributed by atoms with van der Waals surface area (Å²) in [4.78, 5) is 3.07. The Morgan fingerprint density at radius 1 is 1.25 bits per heavy atom. The van der Waals surface area contributed by atoms with E-state index in [4.69, 9.17) is 0 Å². The van der Waals surface area contributed by atoms with Gasteiger partial charge in [-0.3, -0.25) is 0 Å². The summed E-state index contributed by atoms with van der Waals surface area (Å²) in [7, 11) is 0. The molecule has 0 bridgehead atoms. The lowest BCUT2D eigenvalue weighted by Crippen LogP contribution is -2.22. The predicted octanol–water partition coefficient (Wildman–Crippen LogP) is 4.58. The van der Waals surface area contributed by atoms with Crippen molar-refractivity contribution in [1.82, 2.24) is 5.32 Å². The van der Waals surface area contributed by atoms with E-state index in [0.717, 1.165) is 19.5 Å². The lowest BCUT2D eigenvalue weighted by atomic mass is 9.97. The van der Waals surface area contributed by atoms with Crippen LogP contribution in [0.4, 0.5) is 0 Å². The maximum Gasteiger partial charge on any atom is 0.0381 e. The molecule has 1 N–H and O–H groups in total. The lowest BCUT2D eigenvalue weighted by Gasteiger charge is -2.13. The molecule has 1 aliphatic heterocycles. The van der Waals surface area contributed by atoms with Crippen molar-refractivity contribution in [2.24, 2.45) is 0 Å². The van der Waals surface area contributed by atoms with E-state index in [1.165, 1.54) is 35.3 Å². The largest absolute Gasteiger partial charge is 0.312 e. The molecule has 0 saturated carbocycles. The molecule has 0 atom stereocenters. The van der Waals surface area contributed by atoms with Gasteiger partial charge in [0.15, 0.2) is 0 Å². The Balaban J connectivity index is 2.05. The van der Waals surface area contributed by atoms with Gasteiger partial charge in [0.25, 0.3) is 0 Å². The first-order chi connectivity index (χ1) is 9.83. The van der Waals surface area contributed by atoms with Crippen molar-refractivity contribution in [3.63, 3.8) is 0 Å². The van der Waals surface area contributed by atoms with E-state index in [1.54, 1.807) is 16.0 Å². The zero-order chi connectivity index (χ0) is 13.9. The van der Waals surface area contributed by atoms with Crippen molar-refractivity contribution < 1.29 is 0 Å². The molecule has 3 rings (SSSR count). The molecular formula is C18H23NS. The van der Waals surface area contributed by atoms with Crippen LogP contribution in [-0.4, -0.2) is 6.54 Å². The molecule has 1 nitrogen and oxygen atoms in total. The highest BCUT2D eigenvalue weighted by molar-refractivity contribution is 7.15. The zero-order valence-corrected chi connectivity index (χ0v) is 13.3. The summed E-state index contributed by atoms with van der Waals surface area (Å²) in [5, 5.41) is 3.50. The first kappa shape index (κ1) is 13.8. The maximum absolute atomic E-state index is 3.50. The van der Waals surface area contributed by atoms with Gasteiger partial charge in [0.2, 0.25) is 0 Å². The average molecular weight is 285 g/mol. The third-order valence-electron chi connectivity index (χ3n) is 4.12. The number of hydrogen-bond acceptors (Lipinski definition) is 2. The fourth-order valence-corrected chi connectivity index (χ4v) is 4.57. The molecule has 0 fully saturated rings. The fourth-order valence-electron chi connectivity index (χ4n) is 3.16. The van der Waals surface area contributed by atoms with Crippen molar-refractivity contribution in [1.29, 1.82) is 0 Å². The van der Waals surface area contributed by atoms with Crippen LogP contribution in [0.5, 0.6) is 0 Å². The maximum atomic E-state index is 3.50. The van der Waals surface area contributed by atoms with E-state index in [9.17, 15) is 0 Å². The van der Waals surface area contributed by atoms with Crippen LogP contribution in [0.25, 0.3) is 10.4 Å². The second-order valence-electron chi connectivity index (χ2n) is 5.54. The Hall–Kier alpha value is -1.12. The summed E-state index contributed by atoms with van der Waals surface area (Å²) in [6.45, 7) is 6.73. The third-order valence-corrected chi connectivity index (χ3v) is 5.44. The quantitative estimate of drug-likeness (QED) is 0.867. The van der Waals surface area contributed by atoms with Crippen LogP contribution >= 0.6 is 11.3 Å². The van der Waals surface area contributed by atoms with Crippen LogP contribution < -0.4 is 5.32 Å². The second kappa shape index (κ2) is 6.11. The molecule has 2 heterocycles. The van der Waals surface area contributed by atoms with E-state index in [0.29, 0.717) is 0 Å². The molecule has 106 valence electrons. The van der Waals surface area contributed by atoms with Gasteiger partial charge in [-0.2, -0.15) is 0 Å². The predicted molar refractivity (Wildman–Crippen MR) is 88.5 cm³/mol. The Kier molecular flexibility index (Phi) is 4.23. The van der Waals surface area contributed by atoms with Crippen molar-refractivity contribution in [3.8, 4) is 10.4 Å². The van der Waals surface area contributed by atoms with Gasteiger partial charge >= 0.3 is 0 Å². The van der Waals surface area contributed by atoms with Gasteiger partial charge in [-0.15, -0.1) is 11.3 Å². The van der Waals surface area contributed by atoms with Gasteiger partial charge in [-0.25, -0.2) is 0 Å². The summed E-state index contributed by atoms with van der Waals surface area (Å²) in [5.41, 5.74) is 6.12. The normalized spacial score (nSPS) is 14.3. The van der Waals surface area contributed by atoms with Gasteiger partial charge in [0, 0.05) is 16.3 Å². The fraction of sp³-hybridized carbons (Fsp3) is 0.444. The summed E-state index contributed by atoms with van der Waals surface area (Å²) >= 11 is 2.00. The Bertz CT molecular complexity index is 597. The second-order valence-corrected chi connectivity index (χ2v) is 6.65. The molecule has 0 aliphatic carbocycles. The molecular weight excluding hydrogens is 262 g/mol. The summed E-state index contributed by atoms with van der Waals surface area (Å²) in [6, 6.07) is 9.15. The Morgan fingerprint density at radius 3 is 2.95 bits per heavy atom. The molecule has 1 aliphatic rings. The van der Waals surface area contributed by atoms with Crippen LogP contribution in [0.1, 0.15) is 41.8 Å². The number of rotatable bonds is 4. The minimum atomic E-state index is 1.06. The standard InChI is InChI=1S/C18H23NS/c1-3-6-13-7-5-8-14(11-13)18-15(4-2)16-9-10-19-12-17(16)20-18/h5,7-8,11,19H,3-4,6,9-10,12H2,1-2H3. The Labute approximate surface area is 126 Å². The highest BCUT2D eigenvalue weighted by Gasteiger charge is 2.20. The SMILES string of the molecule is CCCc1cccc(-c2sc3c(c2CC)CCNC3)c1. The van der Waals surface area contributed by atoms with E-state index in [1.807, 2.05) is 11.3 Å². The van der Waals surface area contributed by atoms with Crippen LogP contribution in [0.2, 0.25) is 0 Å². The molecule has 0 radical (unpaired) electrons. The number of hydrogen-bond donors (Lipinski definition) is 1. The number of aryl methyl sites for hydroxylation is 1. The van der Waals surface area contributed by atoms with Crippen LogP contribution in [0.3, 0.4) is 0 Å². The van der Waals surface area contributed by atoms with E-state index < -0.39 is 0 Å². The van der Waals surface area contributed by atoms with Gasteiger partial charge in [0.1, 0.15) is 0 Å². The molecule has 2 heteroatoms. The minimum absolute atomic E-state index is 1.06. The number of nitrogens with one attached hydrogen (secondary N) is 1.